The molecule has 4 heteroatoms. The summed E-state index contributed by atoms with van der Waals surface area (Å²) < 4.78 is 0. The van der Waals surface area contributed by atoms with E-state index < -0.39 is 0 Å². The van der Waals surface area contributed by atoms with Gasteiger partial charge >= 0.3 is 0 Å². The molecule has 0 saturated carbocycles. The minimum Gasteiger partial charge on any atom is -0.395 e. The first kappa shape index (κ1) is 15.7. The Morgan fingerprint density at radius 1 is 1.47 bits per heavy atom. The number of nitrogens with zero attached hydrogens (tertiary/aromatic N) is 1. The summed E-state index contributed by atoms with van der Waals surface area (Å²) in [5, 5.41) is 10.5. The zero-order valence-corrected chi connectivity index (χ0v) is 12.4. The van der Waals surface area contributed by atoms with Crippen LogP contribution in [0.5, 0.6) is 0 Å². The van der Waals surface area contributed by atoms with Gasteiger partial charge in [-0.3, -0.25) is 4.79 Å². The van der Waals surface area contributed by atoms with Crippen molar-refractivity contribution in [2.75, 3.05) is 20.2 Å². The van der Waals surface area contributed by atoms with Gasteiger partial charge < -0.3 is 10.0 Å². The Morgan fingerprint density at radius 3 is 2.95 bits per heavy atom. The van der Waals surface area contributed by atoms with Gasteiger partial charge in [0.15, 0.2) is 0 Å². The normalized spacial score (nSPS) is 9.84. The monoisotopic (exact) mass is 279 g/mol. The van der Waals surface area contributed by atoms with Crippen LogP contribution in [0.4, 0.5) is 0 Å². The van der Waals surface area contributed by atoms with Crippen LogP contribution in [0.1, 0.15) is 47.8 Å². The Hall–Kier alpha value is -1.31. The van der Waals surface area contributed by atoms with Crippen molar-refractivity contribution in [2.45, 2.75) is 32.6 Å². The maximum absolute atomic E-state index is 12.1. The molecule has 1 aromatic rings. The molecule has 19 heavy (non-hydrogen) atoms. The average molecular weight is 279 g/mol. The second-order valence-electron chi connectivity index (χ2n) is 4.41. The van der Waals surface area contributed by atoms with Gasteiger partial charge in [-0.15, -0.1) is 11.3 Å². The van der Waals surface area contributed by atoms with E-state index >= 15 is 0 Å². The molecule has 0 spiro atoms. The Kier molecular flexibility index (Phi) is 7.24. The molecule has 1 rings (SSSR count). The minimum absolute atomic E-state index is 0.0579. The Bertz CT molecular complexity index is 456. The average Bonchev–Trinajstić information content (AvgIpc) is 2.87. The highest BCUT2D eigenvalue weighted by Crippen LogP contribution is 2.15. The van der Waals surface area contributed by atoms with Crippen molar-refractivity contribution in [1.29, 1.82) is 0 Å². The summed E-state index contributed by atoms with van der Waals surface area (Å²) in [5.74, 6) is 5.87. The van der Waals surface area contributed by atoms with Gasteiger partial charge in [-0.1, -0.05) is 31.6 Å². The molecule has 0 aliphatic heterocycles. The number of aliphatic hydroxyl groups is 1. The van der Waals surface area contributed by atoms with Gasteiger partial charge in [0.25, 0.3) is 5.91 Å². The first-order valence-electron chi connectivity index (χ1n) is 6.62. The molecule has 0 aliphatic rings. The molecule has 0 bridgehead atoms. The summed E-state index contributed by atoms with van der Waals surface area (Å²) >= 11 is 1.47. The van der Waals surface area contributed by atoms with Gasteiger partial charge in [0.2, 0.25) is 0 Å². The van der Waals surface area contributed by atoms with E-state index in [1.165, 1.54) is 11.3 Å². The summed E-state index contributed by atoms with van der Waals surface area (Å²) in [6, 6.07) is 1.83. The zero-order valence-electron chi connectivity index (χ0n) is 11.6. The number of unbranched alkanes of at least 4 members (excludes halogenated alkanes) is 2. The number of aliphatic hydroxyl groups excluding tert-OH is 1. The number of carbonyl (C=O) groups excluding carboxylic acids is 1. The van der Waals surface area contributed by atoms with Crippen molar-refractivity contribution in [3.63, 3.8) is 0 Å². The number of amides is 1. The van der Waals surface area contributed by atoms with Gasteiger partial charge in [-0.2, -0.15) is 0 Å². The first-order valence-corrected chi connectivity index (χ1v) is 7.50. The lowest BCUT2D eigenvalue weighted by Crippen LogP contribution is -2.27. The quantitative estimate of drug-likeness (QED) is 0.642. The zero-order chi connectivity index (χ0) is 14.1. The molecule has 1 heterocycles. The number of carbonyl (C=O) groups is 1. The first-order chi connectivity index (χ1) is 9.19. The van der Waals surface area contributed by atoms with Crippen LogP contribution in [0.3, 0.4) is 0 Å². The summed E-state index contributed by atoms with van der Waals surface area (Å²) in [5.41, 5.74) is 0.706. The van der Waals surface area contributed by atoms with Crippen LogP contribution in [0.15, 0.2) is 11.4 Å². The van der Waals surface area contributed by atoms with Crippen molar-refractivity contribution in [3.05, 3.63) is 21.9 Å². The fourth-order valence-corrected chi connectivity index (χ4v) is 2.39. The molecule has 1 amide bonds. The molecule has 0 saturated heterocycles. The van der Waals surface area contributed by atoms with Crippen molar-refractivity contribution in [3.8, 4) is 11.8 Å². The Morgan fingerprint density at radius 2 is 2.26 bits per heavy atom. The third-order valence-corrected chi connectivity index (χ3v) is 3.58. The van der Waals surface area contributed by atoms with E-state index in [4.69, 9.17) is 5.11 Å². The van der Waals surface area contributed by atoms with Crippen LogP contribution >= 0.6 is 11.3 Å². The molecular weight excluding hydrogens is 258 g/mol. The molecule has 0 aromatic carbocycles. The van der Waals surface area contributed by atoms with E-state index in [0.717, 1.165) is 30.7 Å². The highest BCUT2D eigenvalue weighted by Gasteiger charge is 2.12. The fourth-order valence-electron chi connectivity index (χ4n) is 1.64. The van der Waals surface area contributed by atoms with Crippen LogP contribution in [0.2, 0.25) is 0 Å². The summed E-state index contributed by atoms with van der Waals surface area (Å²) in [6.07, 6.45) is 3.83. The molecule has 0 fully saturated rings. The van der Waals surface area contributed by atoms with Gasteiger partial charge in [0, 0.05) is 25.4 Å². The van der Waals surface area contributed by atoms with Crippen LogP contribution < -0.4 is 0 Å². The molecule has 104 valence electrons. The Balaban J connectivity index is 2.55. The Labute approximate surface area is 119 Å². The summed E-state index contributed by atoms with van der Waals surface area (Å²) in [6.45, 7) is 3.02. The van der Waals surface area contributed by atoms with E-state index in [0.29, 0.717) is 12.0 Å². The van der Waals surface area contributed by atoms with E-state index in [9.17, 15) is 4.79 Å². The van der Waals surface area contributed by atoms with Crippen LogP contribution in [0.25, 0.3) is 0 Å². The third-order valence-electron chi connectivity index (χ3n) is 2.74. The second kappa shape index (κ2) is 8.73. The second-order valence-corrected chi connectivity index (χ2v) is 5.32. The van der Waals surface area contributed by atoms with Crippen LogP contribution in [-0.2, 0) is 0 Å². The maximum atomic E-state index is 12.1. The lowest BCUT2D eigenvalue weighted by Gasteiger charge is -2.15. The lowest BCUT2D eigenvalue weighted by atomic mass is 10.2. The molecule has 3 nitrogen and oxygen atoms in total. The summed E-state index contributed by atoms with van der Waals surface area (Å²) in [4.78, 5) is 14.8. The van der Waals surface area contributed by atoms with Crippen molar-refractivity contribution in [2.24, 2.45) is 0 Å². The topological polar surface area (TPSA) is 40.5 Å². The number of hydrogen-bond acceptors (Lipinski definition) is 3. The molecule has 1 N–H and O–H groups in total. The SMILES string of the molecule is CCCCCN(C)C(=O)c1csc(C#CCCO)c1. The summed E-state index contributed by atoms with van der Waals surface area (Å²) in [7, 11) is 1.84. The number of rotatable bonds is 6. The van der Waals surface area contributed by atoms with Gasteiger partial charge in [-0.05, 0) is 12.5 Å². The van der Waals surface area contributed by atoms with E-state index in [-0.39, 0.29) is 12.5 Å². The van der Waals surface area contributed by atoms with Gasteiger partial charge in [0.1, 0.15) is 0 Å². The van der Waals surface area contributed by atoms with Crippen molar-refractivity contribution < 1.29 is 9.90 Å². The fraction of sp³-hybridized carbons (Fsp3) is 0.533. The lowest BCUT2D eigenvalue weighted by molar-refractivity contribution is 0.0793. The smallest absolute Gasteiger partial charge is 0.254 e. The predicted molar refractivity (Wildman–Crippen MR) is 79.4 cm³/mol. The van der Waals surface area contributed by atoms with E-state index in [1.54, 1.807) is 4.90 Å². The number of thiophene rings is 1. The van der Waals surface area contributed by atoms with E-state index in [1.807, 2.05) is 18.5 Å². The molecule has 0 radical (unpaired) electrons. The van der Waals surface area contributed by atoms with Crippen molar-refractivity contribution >= 4 is 17.2 Å². The van der Waals surface area contributed by atoms with Crippen LogP contribution in [0, 0.1) is 11.8 Å². The molecule has 0 aliphatic carbocycles. The van der Waals surface area contributed by atoms with Crippen molar-refractivity contribution in [1.82, 2.24) is 4.90 Å². The van der Waals surface area contributed by atoms with Crippen LogP contribution in [-0.4, -0.2) is 36.1 Å². The standard InChI is InChI=1S/C15H21NO2S/c1-3-4-6-9-16(2)15(18)13-11-14(19-12-13)8-5-7-10-17/h11-12,17H,3-4,6-7,9-10H2,1-2H3. The largest absolute Gasteiger partial charge is 0.395 e. The predicted octanol–water partition coefficient (Wildman–Crippen LogP) is 2.74. The highest BCUT2D eigenvalue weighted by molar-refractivity contribution is 7.10. The molecule has 0 unspecified atom stereocenters. The molecule has 0 atom stereocenters. The van der Waals surface area contributed by atoms with Gasteiger partial charge in [0.05, 0.1) is 17.0 Å². The maximum Gasteiger partial charge on any atom is 0.254 e. The highest BCUT2D eigenvalue weighted by atomic mass is 32.1. The molecular formula is C15H21NO2S. The minimum atomic E-state index is 0.0579. The molecule has 1 aromatic heterocycles. The van der Waals surface area contributed by atoms with Gasteiger partial charge in [-0.25, -0.2) is 0 Å². The third kappa shape index (κ3) is 5.46. The number of hydrogen-bond donors (Lipinski definition) is 1. The van der Waals surface area contributed by atoms with E-state index in [2.05, 4.69) is 18.8 Å².